The molecule has 0 aliphatic rings. The molecule has 0 saturated heterocycles. The molecule has 0 aliphatic heterocycles. The molecule has 0 unspecified atom stereocenters. The number of ketones is 1. The van der Waals surface area contributed by atoms with Gasteiger partial charge >= 0.3 is 0 Å². The molecule has 0 spiro atoms. The molecule has 72 valence electrons. The number of phenols is 1. The standard InChI is InChI=1S/C11H11NO2/c1-7(13)10-6-12(2)11-4-3-8(14)5-9(10)11/h3-6,14H,1-2H3. The Morgan fingerprint density at radius 2 is 2.14 bits per heavy atom. The van der Waals surface area contributed by atoms with Gasteiger partial charge in [-0.1, -0.05) is 0 Å². The van der Waals surface area contributed by atoms with Crippen LogP contribution in [0.4, 0.5) is 0 Å². The maximum Gasteiger partial charge on any atom is 0.161 e. The van der Waals surface area contributed by atoms with Gasteiger partial charge in [-0.25, -0.2) is 0 Å². The topological polar surface area (TPSA) is 42.2 Å². The number of nitrogens with zero attached hydrogens (tertiary/aromatic N) is 1. The van der Waals surface area contributed by atoms with Crippen molar-refractivity contribution >= 4 is 16.7 Å². The van der Waals surface area contributed by atoms with Crippen LogP contribution >= 0.6 is 0 Å². The van der Waals surface area contributed by atoms with E-state index in [0.29, 0.717) is 5.56 Å². The summed E-state index contributed by atoms with van der Waals surface area (Å²) in [5, 5.41) is 10.1. The van der Waals surface area contributed by atoms with Gasteiger partial charge in [-0.05, 0) is 25.1 Å². The summed E-state index contributed by atoms with van der Waals surface area (Å²) in [6.45, 7) is 1.53. The maximum atomic E-state index is 11.3. The third kappa shape index (κ3) is 1.18. The number of rotatable bonds is 1. The lowest BCUT2D eigenvalue weighted by atomic mass is 10.1. The van der Waals surface area contributed by atoms with Crippen molar-refractivity contribution in [2.45, 2.75) is 6.92 Å². The second-order valence-electron chi connectivity index (χ2n) is 3.41. The van der Waals surface area contributed by atoms with Crippen molar-refractivity contribution in [3.05, 3.63) is 30.0 Å². The van der Waals surface area contributed by atoms with Crippen LogP contribution in [0.25, 0.3) is 10.9 Å². The zero-order valence-electron chi connectivity index (χ0n) is 8.11. The van der Waals surface area contributed by atoms with Gasteiger partial charge in [-0.15, -0.1) is 0 Å². The first-order valence-electron chi connectivity index (χ1n) is 4.38. The number of Topliss-reactive ketones (excluding diaryl/α,β-unsaturated/α-hetero) is 1. The second kappa shape index (κ2) is 2.87. The molecular formula is C11H11NO2. The highest BCUT2D eigenvalue weighted by Crippen LogP contribution is 2.24. The largest absolute Gasteiger partial charge is 0.508 e. The van der Waals surface area contributed by atoms with Crippen LogP contribution in [0.15, 0.2) is 24.4 Å². The lowest BCUT2D eigenvalue weighted by Crippen LogP contribution is -1.88. The normalized spacial score (nSPS) is 10.7. The molecule has 2 rings (SSSR count). The highest BCUT2D eigenvalue weighted by Gasteiger charge is 2.10. The van der Waals surface area contributed by atoms with E-state index in [1.165, 1.54) is 6.92 Å². The summed E-state index contributed by atoms with van der Waals surface area (Å²) in [5.74, 6) is 0.201. The first-order chi connectivity index (χ1) is 6.59. The van der Waals surface area contributed by atoms with Crippen LogP contribution in [0, 0.1) is 0 Å². The Morgan fingerprint density at radius 1 is 1.43 bits per heavy atom. The third-order valence-corrected chi connectivity index (χ3v) is 2.35. The average Bonchev–Trinajstić information content (AvgIpc) is 2.43. The lowest BCUT2D eigenvalue weighted by Gasteiger charge is -1.96. The molecule has 1 aromatic heterocycles. The Kier molecular flexibility index (Phi) is 1.81. The van der Waals surface area contributed by atoms with Crippen LogP contribution in [-0.4, -0.2) is 15.5 Å². The predicted octanol–water partition coefficient (Wildman–Crippen LogP) is 2.09. The molecule has 1 heterocycles. The van der Waals surface area contributed by atoms with E-state index in [4.69, 9.17) is 0 Å². The van der Waals surface area contributed by atoms with Crippen molar-refractivity contribution in [1.82, 2.24) is 4.57 Å². The average molecular weight is 189 g/mol. The summed E-state index contributed by atoms with van der Waals surface area (Å²) in [5.41, 5.74) is 1.60. The fraction of sp³-hybridized carbons (Fsp3) is 0.182. The molecule has 0 amide bonds. The van der Waals surface area contributed by atoms with Gasteiger partial charge in [0.2, 0.25) is 0 Å². The molecule has 3 nitrogen and oxygen atoms in total. The van der Waals surface area contributed by atoms with Gasteiger partial charge in [-0.3, -0.25) is 4.79 Å². The van der Waals surface area contributed by atoms with Gasteiger partial charge < -0.3 is 9.67 Å². The van der Waals surface area contributed by atoms with Crippen molar-refractivity contribution in [3.63, 3.8) is 0 Å². The molecule has 2 aromatic rings. The van der Waals surface area contributed by atoms with E-state index in [1.807, 2.05) is 11.6 Å². The number of aromatic hydroxyl groups is 1. The Labute approximate surface area is 81.6 Å². The van der Waals surface area contributed by atoms with Crippen molar-refractivity contribution in [2.24, 2.45) is 7.05 Å². The number of hydrogen-bond donors (Lipinski definition) is 1. The summed E-state index contributed by atoms with van der Waals surface area (Å²) in [6.07, 6.45) is 1.78. The summed E-state index contributed by atoms with van der Waals surface area (Å²) in [7, 11) is 1.88. The lowest BCUT2D eigenvalue weighted by molar-refractivity contribution is 0.101. The fourth-order valence-electron chi connectivity index (χ4n) is 1.66. The number of phenolic OH excluding ortho intramolecular Hbond substituents is 1. The first-order valence-corrected chi connectivity index (χ1v) is 4.38. The fourth-order valence-corrected chi connectivity index (χ4v) is 1.66. The summed E-state index contributed by atoms with van der Waals surface area (Å²) < 4.78 is 1.88. The van der Waals surface area contributed by atoms with Crippen LogP contribution in [-0.2, 0) is 7.05 Å². The van der Waals surface area contributed by atoms with E-state index in [0.717, 1.165) is 10.9 Å². The number of hydrogen-bond acceptors (Lipinski definition) is 2. The predicted molar refractivity (Wildman–Crippen MR) is 54.6 cm³/mol. The zero-order chi connectivity index (χ0) is 10.3. The highest BCUT2D eigenvalue weighted by molar-refractivity contribution is 6.07. The van der Waals surface area contributed by atoms with Crippen LogP contribution < -0.4 is 0 Å². The van der Waals surface area contributed by atoms with Crippen molar-refractivity contribution in [1.29, 1.82) is 0 Å². The number of aryl methyl sites for hydroxylation is 1. The Morgan fingerprint density at radius 3 is 2.79 bits per heavy atom. The van der Waals surface area contributed by atoms with Crippen molar-refractivity contribution < 1.29 is 9.90 Å². The van der Waals surface area contributed by atoms with Crippen LogP contribution in [0.3, 0.4) is 0 Å². The zero-order valence-corrected chi connectivity index (χ0v) is 8.11. The Hall–Kier alpha value is -1.77. The summed E-state index contributed by atoms with van der Waals surface area (Å²) >= 11 is 0. The van der Waals surface area contributed by atoms with Crippen LogP contribution in [0.1, 0.15) is 17.3 Å². The number of carbonyl (C=O) groups excluding carboxylic acids is 1. The number of fused-ring (bicyclic) bond motifs is 1. The van der Waals surface area contributed by atoms with E-state index in [-0.39, 0.29) is 11.5 Å². The SMILES string of the molecule is CC(=O)c1cn(C)c2ccc(O)cc12. The Bertz CT molecular complexity index is 511. The van der Waals surface area contributed by atoms with E-state index in [9.17, 15) is 9.90 Å². The second-order valence-corrected chi connectivity index (χ2v) is 3.41. The first kappa shape index (κ1) is 8.81. The third-order valence-electron chi connectivity index (χ3n) is 2.35. The molecule has 0 fully saturated rings. The molecule has 1 aromatic carbocycles. The molecular weight excluding hydrogens is 178 g/mol. The molecule has 1 N–H and O–H groups in total. The molecule has 0 radical (unpaired) electrons. The minimum absolute atomic E-state index is 0.0150. The smallest absolute Gasteiger partial charge is 0.161 e. The van der Waals surface area contributed by atoms with E-state index in [2.05, 4.69) is 0 Å². The van der Waals surface area contributed by atoms with Crippen LogP contribution in [0.2, 0.25) is 0 Å². The molecule has 3 heteroatoms. The van der Waals surface area contributed by atoms with E-state index >= 15 is 0 Å². The van der Waals surface area contributed by atoms with Crippen molar-refractivity contribution in [2.75, 3.05) is 0 Å². The van der Waals surface area contributed by atoms with Crippen molar-refractivity contribution in [3.8, 4) is 5.75 Å². The highest BCUT2D eigenvalue weighted by atomic mass is 16.3. The molecule has 0 bridgehead atoms. The van der Waals surface area contributed by atoms with Gasteiger partial charge in [0.25, 0.3) is 0 Å². The quantitative estimate of drug-likeness (QED) is 0.698. The van der Waals surface area contributed by atoms with E-state index in [1.54, 1.807) is 24.4 Å². The van der Waals surface area contributed by atoms with Gasteiger partial charge in [0.15, 0.2) is 5.78 Å². The molecule has 0 atom stereocenters. The monoisotopic (exact) mass is 189 g/mol. The molecule has 0 saturated carbocycles. The maximum absolute atomic E-state index is 11.3. The number of benzene rings is 1. The van der Waals surface area contributed by atoms with E-state index < -0.39 is 0 Å². The minimum atomic E-state index is 0.0150. The van der Waals surface area contributed by atoms with Gasteiger partial charge in [0.1, 0.15) is 5.75 Å². The number of aromatic nitrogens is 1. The van der Waals surface area contributed by atoms with Gasteiger partial charge in [-0.2, -0.15) is 0 Å². The van der Waals surface area contributed by atoms with Gasteiger partial charge in [0.05, 0.1) is 0 Å². The summed E-state index contributed by atoms with van der Waals surface area (Å²) in [4.78, 5) is 11.3. The Balaban J connectivity index is 2.85. The van der Waals surface area contributed by atoms with Gasteiger partial charge in [0, 0.05) is 29.7 Å². The van der Waals surface area contributed by atoms with Crippen LogP contribution in [0.5, 0.6) is 5.75 Å². The molecule has 14 heavy (non-hydrogen) atoms. The number of carbonyl (C=O) groups is 1. The molecule has 0 aliphatic carbocycles. The minimum Gasteiger partial charge on any atom is -0.508 e. The summed E-state index contributed by atoms with van der Waals surface area (Å²) in [6, 6.07) is 5.04.